The Bertz CT molecular complexity index is 1150. The molecule has 1 amide bonds. The molecular formula is C43H75NO13. The maximum atomic E-state index is 13.0. The summed E-state index contributed by atoms with van der Waals surface area (Å²) in [5.74, 6) is -0.266. The highest BCUT2D eigenvalue weighted by Gasteiger charge is 2.50. The number of aliphatic hydroxyl groups is 8. The van der Waals surface area contributed by atoms with E-state index < -0.39 is 86.8 Å². The minimum absolute atomic E-state index is 0.262. The fraction of sp³-hybridized carbons (Fsp3) is 0.791. The first-order chi connectivity index (χ1) is 27.6. The van der Waals surface area contributed by atoms with Gasteiger partial charge >= 0.3 is 0 Å². The van der Waals surface area contributed by atoms with Crippen molar-refractivity contribution in [2.45, 2.75) is 197 Å². The van der Waals surface area contributed by atoms with Crippen LogP contribution in [0.25, 0.3) is 0 Å². The molecule has 0 aromatic carbocycles. The quantitative estimate of drug-likeness (QED) is 0.0375. The second kappa shape index (κ2) is 30.9. The predicted molar refractivity (Wildman–Crippen MR) is 217 cm³/mol. The highest BCUT2D eigenvalue weighted by molar-refractivity contribution is 5.76. The Kier molecular flexibility index (Phi) is 27.7. The third kappa shape index (κ3) is 19.7. The van der Waals surface area contributed by atoms with Gasteiger partial charge in [-0.2, -0.15) is 0 Å². The maximum absolute atomic E-state index is 13.0. The van der Waals surface area contributed by atoms with E-state index in [1.54, 1.807) is 6.08 Å². The van der Waals surface area contributed by atoms with Crippen molar-refractivity contribution in [3.8, 4) is 0 Å². The molecule has 0 bridgehead atoms. The number of ether oxygens (including phenoxy) is 4. The zero-order chi connectivity index (χ0) is 41.8. The summed E-state index contributed by atoms with van der Waals surface area (Å²) in [5.41, 5.74) is 0. The SMILES string of the molecule is CCCC/C=C/C(O)C(COC1OC(CO)C(OC2OC(CO)C(O)C(O)C2O)C(O)C1O)NC(=O)CCCCCCCC/C=C\C/C=C\C/C=C\CCCCC. The molecule has 0 radical (unpaired) electrons. The van der Waals surface area contributed by atoms with Crippen LogP contribution >= 0.6 is 0 Å². The van der Waals surface area contributed by atoms with Crippen molar-refractivity contribution in [3.63, 3.8) is 0 Å². The van der Waals surface area contributed by atoms with Crippen molar-refractivity contribution in [2.75, 3.05) is 19.8 Å². The van der Waals surface area contributed by atoms with Gasteiger partial charge in [0, 0.05) is 6.42 Å². The second-order valence-corrected chi connectivity index (χ2v) is 15.1. The first-order valence-corrected chi connectivity index (χ1v) is 21.4. The lowest BCUT2D eigenvalue weighted by molar-refractivity contribution is -0.359. The maximum Gasteiger partial charge on any atom is 0.220 e. The molecule has 0 spiro atoms. The standard InChI is InChI=1S/C43H75NO13/c1-3-5-7-9-10-11-12-13-14-15-16-17-18-19-20-21-22-23-25-27-35(48)44-31(32(47)26-24-8-6-4-2)30-54-42-40(53)38(51)41(34(29-46)56-42)57-43-39(52)37(50)36(49)33(28-45)55-43/h10-11,13-14,16-17,24,26,31-34,36-43,45-47,49-53H,3-9,12,15,18-23,25,27-30H2,1-2H3,(H,44,48)/b11-10-,14-13-,17-16-,26-24+. The van der Waals surface area contributed by atoms with E-state index in [-0.39, 0.29) is 18.9 Å². The molecule has 0 aliphatic carbocycles. The summed E-state index contributed by atoms with van der Waals surface area (Å²) in [5, 5.41) is 85.7. The van der Waals surface area contributed by atoms with Gasteiger partial charge in [0.2, 0.25) is 5.91 Å². The first kappa shape index (κ1) is 51.1. The Hall–Kier alpha value is -2.05. The molecule has 330 valence electrons. The molecule has 2 aliphatic rings. The molecular weight excluding hydrogens is 738 g/mol. The third-order valence-corrected chi connectivity index (χ3v) is 10.3. The highest BCUT2D eigenvalue weighted by atomic mass is 16.7. The fourth-order valence-corrected chi connectivity index (χ4v) is 6.63. The van der Waals surface area contributed by atoms with Crippen molar-refractivity contribution < 1.29 is 64.6 Å². The van der Waals surface area contributed by atoms with Gasteiger partial charge in [-0.05, 0) is 51.4 Å². The minimum Gasteiger partial charge on any atom is -0.394 e. The number of aliphatic hydroxyl groups excluding tert-OH is 8. The van der Waals surface area contributed by atoms with Crippen molar-refractivity contribution >= 4 is 5.91 Å². The number of nitrogens with one attached hydrogen (secondary N) is 1. The topological polar surface area (TPSA) is 228 Å². The second-order valence-electron chi connectivity index (χ2n) is 15.1. The lowest BCUT2D eigenvalue weighted by atomic mass is 9.97. The van der Waals surface area contributed by atoms with E-state index in [2.05, 4.69) is 55.6 Å². The highest BCUT2D eigenvalue weighted by Crippen LogP contribution is 2.29. The molecule has 0 saturated carbocycles. The Labute approximate surface area is 340 Å². The van der Waals surface area contributed by atoms with E-state index in [1.165, 1.54) is 25.7 Å². The summed E-state index contributed by atoms with van der Waals surface area (Å²) in [4.78, 5) is 13.0. The summed E-state index contributed by atoms with van der Waals surface area (Å²) in [6, 6.07) is -0.917. The first-order valence-electron chi connectivity index (χ1n) is 21.4. The van der Waals surface area contributed by atoms with E-state index in [0.717, 1.165) is 70.6 Å². The normalized spacial score (nSPS) is 29.6. The average Bonchev–Trinajstić information content (AvgIpc) is 3.21. The molecule has 0 aromatic heterocycles. The summed E-state index contributed by atoms with van der Waals surface area (Å²) in [7, 11) is 0. The van der Waals surface area contributed by atoms with E-state index in [9.17, 15) is 45.6 Å². The van der Waals surface area contributed by atoms with Crippen LogP contribution in [0.15, 0.2) is 48.6 Å². The van der Waals surface area contributed by atoms with Crippen LogP contribution < -0.4 is 5.32 Å². The molecule has 2 saturated heterocycles. The number of carbonyl (C=O) groups is 1. The number of amides is 1. The molecule has 12 unspecified atom stereocenters. The van der Waals surface area contributed by atoms with Gasteiger partial charge in [0.25, 0.3) is 0 Å². The summed E-state index contributed by atoms with van der Waals surface area (Å²) in [6.07, 6.45) is 16.7. The molecule has 9 N–H and O–H groups in total. The number of unbranched alkanes of at least 4 members (excludes halogenated alkanes) is 11. The molecule has 57 heavy (non-hydrogen) atoms. The Morgan fingerprint density at radius 1 is 0.632 bits per heavy atom. The summed E-state index contributed by atoms with van der Waals surface area (Å²) >= 11 is 0. The molecule has 2 heterocycles. The van der Waals surface area contributed by atoms with Crippen LogP contribution in [0.5, 0.6) is 0 Å². The van der Waals surface area contributed by atoms with Gasteiger partial charge in [0.15, 0.2) is 12.6 Å². The van der Waals surface area contributed by atoms with Gasteiger partial charge in [-0.3, -0.25) is 4.79 Å². The fourth-order valence-electron chi connectivity index (χ4n) is 6.63. The van der Waals surface area contributed by atoms with Crippen LogP contribution in [-0.2, 0) is 23.7 Å². The predicted octanol–water partition coefficient (Wildman–Crippen LogP) is 3.37. The van der Waals surface area contributed by atoms with Crippen LogP contribution in [0.4, 0.5) is 0 Å². The number of hydrogen-bond donors (Lipinski definition) is 9. The summed E-state index contributed by atoms with van der Waals surface area (Å²) in [6.45, 7) is 2.54. The van der Waals surface area contributed by atoms with Gasteiger partial charge in [0.1, 0.15) is 48.8 Å². The smallest absolute Gasteiger partial charge is 0.220 e. The van der Waals surface area contributed by atoms with Crippen molar-refractivity contribution in [3.05, 3.63) is 48.6 Å². The van der Waals surface area contributed by atoms with E-state index in [0.29, 0.717) is 6.42 Å². The Morgan fingerprint density at radius 3 is 1.81 bits per heavy atom. The molecule has 14 heteroatoms. The monoisotopic (exact) mass is 814 g/mol. The molecule has 2 rings (SSSR count). The van der Waals surface area contributed by atoms with Crippen molar-refractivity contribution in [1.29, 1.82) is 0 Å². The average molecular weight is 814 g/mol. The summed E-state index contributed by atoms with van der Waals surface area (Å²) < 4.78 is 22.4. The molecule has 12 atom stereocenters. The van der Waals surface area contributed by atoms with E-state index >= 15 is 0 Å². The lowest BCUT2D eigenvalue weighted by Gasteiger charge is -2.46. The zero-order valence-corrected chi connectivity index (χ0v) is 34.3. The molecule has 2 fully saturated rings. The Morgan fingerprint density at radius 2 is 1.18 bits per heavy atom. The van der Waals surface area contributed by atoms with E-state index in [4.69, 9.17) is 18.9 Å². The van der Waals surface area contributed by atoms with Crippen LogP contribution in [-0.4, -0.2) is 140 Å². The lowest BCUT2D eigenvalue weighted by Crippen LogP contribution is -2.65. The van der Waals surface area contributed by atoms with E-state index in [1.807, 2.05) is 6.08 Å². The number of hydrogen-bond acceptors (Lipinski definition) is 13. The van der Waals surface area contributed by atoms with Crippen molar-refractivity contribution in [2.24, 2.45) is 0 Å². The van der Waals surface area contributed by atoms with Gasteiger partial charge < -0.3 is 65.1 Å². The van der Waals surface area contributed by atoms with Gasteiger partial charge in [0.05, 0.1) is 32.0 Å². The van der Waals surface area contributed by atoms with Crippen LogP contribution in [0.2, 0.25) is 0 Å². The van der Waals surface area contributed by atoms with Gasteiger partial charge in [-0.1, -0.05) is 114 Å². The molecule has 0 aromatic rings. The van der Waals surface area contributed by atoms with Gasteiger partial charge in [-0.15, -0.1) is 0 Å². The van der Waals surface area contributed by atoms with Crippen LogP contribution in [0.3, 0.4) is 0 Å². The van der Waals surface area contributed by atoms with Crippen LogP contribution in [0.1, 0.15) is 123 Å². The number of carbonyl (C=O) groups excluding carboxylic acids is 1. The largest absolute Gasteiger partial charge is 0.394 e. The molecule has 14 nitrogen and oxygen atoms in total. The minimum atomic E-state index is -1.79. The zero-order valence-electron chi connectivity index (χ0n) is 34.3. The van der Waals surface area contributed by atoms with Crippen LogP contribution in [0, 0.1) is 0 Å². The van der Waals surface area contributed by atoms with Crippen molar-refractivity contribution in [1.82, 2.24) is 5.32 Å². The number of allylic oxidation sites excluding steroid dienone is 7. The molecule has 2 aliphatic heterocycles. The Balaban J connectivity index is 1.78. The number of rotatable bonds is 30. The van der Waals surface area contributed by atoms with Gasteiger partial charge in [-0.25, -0.2) is 0 Å². The third-order valence-electron chi connectivity index (χ3n) is 10.3.